The topological polar surface area (TPSA) is 30.5 Å². The maximum Gasteiger partial charge on any atom is 0.132 e. The van der Waals surface area contributed by atoms with Crippen LogP contribution in [0, 0.1) is 0 Å². The van der Waals surface area contributed by atoms with Gasteiger partial charge in [0.25, 0.3) is 0 Å². The molecule has 0 spiro atoms. The van der Waals surface area contributed by atoms with Gasteiger partial charge in [0, 0.05) is 11.6 Å². The summed E-state index contributed by atoms with van der Waals surface area (Å²) in [4.78, 5) is 1.04. The lowest BCUT2D eigenvalue weighted by Crippen LogP contribution is -2.38. The van der Waals surface area contributed by atoms with Gasteiger partial charge >= 0.3 is 0 Å². The number of hydrogen-bond donors (Lipinski definition) is 1. The summed E-state index contributed by atoms with van der Waals surface area (Å²) in [6.45, 7) is 2.38. The maximum atomic E-state index is 5.97. The Balaban J connectivity index is 2.09. The average Bonchev–Trinajstić information content (AvgIpc) is 2.31. The second kappa shape index (κ2) is 5.77. The van der Waals surface area contributed by atoms with Crippen molar-refractivity contribution in [3.8, 4) is 5.75 Å². The normalized spacial score (nSPS) is 20.8. The molecule has 2 rings (SSSR count). The van der Waals surface area contributed by atoms with E-state index in [0.29, 0.717) is 6.61 Å². The molecule has 1 aromatic rings. The standard InChI is InChI=1S/C11H14ClNO2S/c1-14-9-3-2-8(12)6-10(9)16-11-7-15-5-4-13-11/h2-3,6,11,13H,4-5,7H2,1H3. The quantitative estimate of drug-likeness (QED) is 0.903. The first-order valence-corrected chi connectivity index (χ1v) is 6.36. The lowest BCUT2D eigenvalue weighted by atomic mass is 10.3. The molecule has 5 heteroatoms. The van der Waals surface area contributed by atoms with Crippen molar-refractivity contribution < 1.29 is 9.47 Å². The molecule has 0 bridgehead atoms. The second-order valence-electron chi connectivity index (χ2n) is 3.43. The van der Waals surface area contributed by atoms with Gasteiger partial charge in [-0.25, -0.2) is 0 Å². The molecule has 1 fully saturated rings. The highest BCUT2D eigenvalue weighted by atomic mass is 35.5. The fraction of sp³-hybridized carbons (Fsp3) is 0.455. The highest BCUT2D eigenvalue weighted by molar-refractivity contribution is 8.00. The third-order valence-electron chi connectivity index (χ3n) is 2.28. The molecular weight excluding hydrogens is 246 g/mol. The maximum absolute atomic E-state index is 5.97. The zero-order valence-corrected chi connectivity index (χ0v) is 10.6. The molecule has 0 amide bonds. The number of rotatable bonds is 3. The van der Waals surface area contributed by atoms with Gasteiger partial charge in [-0.05, 0) is 18.2 Å². The third kappa shape index (κ3) is 3.04. The van der Waals surface area contributed by atoms with E-state index < -0.39 is 0 Å². The van der Waals surface area contributed by atoms with Gasteiger partial charge in [-0.3, -0.25) is 0 Å². The molecule has 0 aromatic heterocycles. The van der Waals surface area contributed by atoms with Crippen molar-refractivity contribution in [1.82, 2.24) is 5.32 Å². The largest absolute Gasteiger partial charge is 0.496 e. The Labute approximate surface area is 104 Å². The summed E-state index contributed by atoms with van der Waals surface area (Å²) in [5.74, 6) is 0.849. The van der Waals surface area contributed by atoms with Gasteiger partial charge in [0.2, 0.25) is 0 Å². The number of thioether (sulfide) groups is 1. The van der Waals surface area contributed by atoms with Gasteiger partial charge in [-0.2, -0.15) is 0 Å². The van der Waals surface area contributed by atoms with Gasteiger partial charge in [0.15, 0.2) is 0 Å². The van der Waals surface area contributed by atoms with Gasteiger partial charge in [-0.1, -0.05) is 11.6 Å². The molecule has 1 aliphatic heterocycles. The van der Waals surface area contributed by atoms with E-state index in [2.05, 4.69) is 5.32 Å². The van der Waals surface area contributed by atoms with Crippen LogP contribution in [0.25, 0.3) is 0 Å². The van der Waals surface area contributed by atoms with Crippen LogP contribution >= 0.6 is 23.4 Å². The van der Waals surface area contributed by atoms with Gasteiger partial charge in [-0.15, -0.1) is 11.8 Å². The third-order valence-corrected chi connectivity index (χ3v) is 3.68. The summed E-state index contributed by atoms with van der Waals surface area (Å²) >= 11 is 7.66. The number of benzene rings is 1. The molecule has 1 aromatic carbocycles. The zero-order chi connectivity index (χ0) is 11.4. The Morgan fingerprint density at radius 3 is 3.12 bits per heavy atom. The number of halogens is 1. The van der Waals surface area contributed by atoms with E-state index in [4.69, 9.17) is 21.1 Å². The minimum absolute atomic E-state index is 0.265. The molecule has 3 nitrogen and oxygen atoms in total. The van der Waals surface area contributed by atoms with E-state index in [-0.39, 0.29) is 5.37 Å². The van der Waals surface area contributed by atoms with Crippen LogP contribution in [0.1, 0.15) is 0 Å². The van der Waals surface area contributed by atoms with Gasteiger partial charge < -0.3 is 14.8 Å². The van der Waals surface area contributed by atoms with E-state index >= 15 is 0 Å². The molecule has 1 aliphatic rings. The number of ether oxygens (including phenoxy) is 2. The van der Waals surface area contributed by atoms with Crippen molar-refractivity contribution in [3.05, 3.63) is 23.2 Å². The molecule has 1 N–H and O–H groups in total. The van der Waals surface area contributed by atoms with Crippen LogP contribution < -0.4 is 10.1 Å². The molecule has 88 valence electrons. The molecule has 1 unspecified atom stereocenters. The smallest absolute Gasteiger partial charge is 0.132 e. The first kappa shape index (κ1) is 12.0. The first-order chi connectivity index (χ1) is 7.79. The summed E-state index contributed by atoms with van der Waals surface area (Å²) in [7, 11) is 1.66. The Morgan fingerprint density at radius 1 is 1.56 bits per heavy atom. The fourth-order valence-electron chi connectivity index (χ4n) is 1.51. The predicted molar refractivity (Wildman–Crippen MR) is 66.5 cm³/mol. The lowest BCUT2D eigenvalue weighted by Gasteiger charge is -2.23. The molecule has 0 saturated carbocycles. The molecule has 1 heterocycles. The van der Waals surface area contributed by atoms with Crippen molar-refractivity contribution in [2.45, 2.75) is 10.3 Å². The van der Waals surface area contributed by atoms with Crippen LogP contribution in [0.3, 0.4) is 0 Å². The van der Waals surface area contributed by atoms with Crippen LogP contribution in [-0.2, 0) is 4.74 Å². The Morgan fingerprint density at radius 2 is 2.44 bits per heavy atom. The summed E-state index contributed by atoms with van der Waals surface area (Å²) < 4.78 is 10.7. The summed E-state index contributed by atoms with van der Waals surface area (Å²) in [6.07, 6.45) is 0. The minimum Gasteiger partial charge on any atom is -0.496 e. The second-order valence-corrected chi connectivity index (χ2v) is 5.11. The first-order valence-electron chi connectivity index (χ1n) is 5.11. The Kier molecular flexibility index (Phi) is 4.35. The minimum atomic E-state index is 0.265. The van der Waals surface area contributed by atoms with E-state index in [0.717, 1.165) is 28.8 Å². The molecule has 0 radical (unpaired) electrons. The van der Waals surface area contributed by atoms with Crippen LogP contribution in [0.15, 0.2) is 23.1 Å². The zero-order valence-electron chi connectivity index (χ0n) is 9.03. The average molecular weight is 260 g/mol. The lowest BCUT2D eigenvalue weighted by molar-refractivity contribution is 0.100. The molecular formula is C11H14ClNO2S. The number of hydrogen-bond acceptors (Lipinski definition) is 4. The number of morpholine rings is 1. The van der Waals surface area contributed by atoms with Crippen molar-refractivity contribution in [1.29, 1.82) is 0 Å². The van der Waals surface area contributed by atoms with Crippen molar-refractivity contribution in [3.63, 3.8) is 0 Å². The number of methoxy groups -OCH3 is 1. The Bertz CT molecular complexity index is 356. The monoisotopic (exact) mass is 259 g/mol. The summed E-state index contributed by atoms with van der Waals surface area (Å²) in [5.41, 5.74) is 0. The molecule has 16 heavy (non-hydrogen) atoms. The van der Waals surface area contributed by atoms with E-state index in [1.165, 1.54) is 0 Å². The highest BCUT2D eigenvalue weighted by Crippen LogP contribution is 2.34. The fourth-order valence-corrected chi connectivity index (χ4v) is 2.88. The molecule has 0 aliphatic carbocycles. The highest BCUT2D eigenvalue weighted by Gasteiger charge is 2.16. The van der Waals surface area contributed by atoms with Crippen LogP contribution in [-0.4, -0.2) is 32.2 Å². The van der Waals surface area contributed by atoms with Crippen molar-refractivity contribution in [2.24, 2.45) is 0 Å². The van der Waals surface area contributed by atoms with Gasteiger partial charge in [0.05, 0.1) is 30.6 Å². The van der Waals surface area contributed by atoms with Gasteiger partial charge in [0.1, 0.15) is 5.75 Å². The predicted octanol–water partition coefficient (Wildman–Crippen LogP) is 2.39. The van der Waals surface area contributed by atoms with E-state index in [9.17, 15) is 0 Å². The molecule has 1 saturated heterocycles. The van der Waals surface area contributed by atoms with E-state index in [1.54, 1.807) is 18.9 Å². The van der Waals surface area contributed by atoms with Crippen LogP contribution in [0.5, 0.6) is 5.75 Å². The van der Waals surface area contributed by atoms with Crippen molar-refractivity contribution >= 4 is 23.4 Å². The SMILES string of the molecule is COc1ccc(Cl)cc1SC1COCCN1. The van der Waals surface area contributed by atoms with Crippen LogP contribution in [0.2, 0.25) is 5.02 Å². The molecule has 1 atom stereocenters. The Hall–Kier alpha value is -0.420. The van der Waals surface area contributed by atoms with E-state index in [1.807, 2.05) is 18.2 Å². The number of nitrogens with one attached hydrogen (secondary N) is 1. The summed E-state index contributed by atoms with van der Waals surface area (Å²) in [6, 6.07) is 5.63. The van der Waals surface area contributed by atoms with Crippen molar-refractivity contribution in [2.75, 3.05) is 26.9 Å². The van der Waals surface area contributed by atoms with Crippen LogP contribution in [0.4, 0.5) is 0 Å². The summed E-state index contributed by atoms with van der Waals surface area (Å²) in [5, 5.41) is 4.36.